The van der Waals surface area contributed by atoms with Crippen LogP contribution in [0.1, 0.15) is 11.1 Å². The minimum atomic E-state index is -4.44. The van der Waals surface area contributed by atoms with Crippen LogP contribution in [0.2, 0.25) is 0 Å². The molecule has 1 aromatic rings. The van der Waals surface area contributed by atoms with Gasteiger partial charge in [0.25, 0.3) is 0 Å². The van der Waals surface area contributed by atoms with Crippen LogP contribution in [0.25, 0.3) is 0 Å². The van der Waals surface area contributed by atoms with Crippen molar-refractivity contribution >= 4 is 22.6 Å². The van der Waals surface area contributed by atoms with Crippen LogP contribution in [0.5, 0.6) is 0 Å². The lowest BCUT2D eigenvalue weighted by atomic mass is 10.0. The predicted molar refractivity (Wildman–Crippen MR) is 56.5 cm³/mol. The van der Waals surface area contributed by atoms with Crippen molar-refractivity contribution in [3.05, 3.63) is 32.9 Å². The monoisotopic (exact) mass is 326 g/mol. The summed E-state index contributed by atoms with van der Waals surface area (Å²) in [5.74, 6) is 0. The molecule has 0 saturated carbocycles. The SMILES string of the molecule is Cc1ccc(C2(C(F)(F)F)N=N2)cc1I. The molecule has 1 aliphatic heterocycles. The fourth-order valence-corrected chi connectivity index (χ4v) is 1.77. The highest BCUT2D eigenvalue weighted by Crippen LogP contribution is 2.52. The number of aryl methyl sites for hydroxylation is 1. The highest BCUT2D eigenvalue weighted by Gasteiger charge is 2.65. The first kappa shape index (κ1) is 10.8. The van der Waals surface area contributed by atoms with Crippen molar-refractivity contribution in [2.75, 3.05) is 0 Å². The molecule has 0 N–H and O–H groups in total. The number of nitrogens with zero attached hydrogens (tertiary/aromatic N) is 2. The minimum Gasteiger partial charge on any atom is -0.166 e. The fourth-order valence-electron chi connectivity index (χ4n) is 1.25. The van der Waals surface area contributed by atoms with E-state index < -0.39 is 11.8 Å². The molecule has 0 atom stereocenters. The van der Waals surface area contributed by atoms with E-state index in [4.69, 9.17) is 0 Å². The average Bonchev–Trinajstić information content (AvgIpc) is 2.88. The molecule has 80 valence electrons. The summed E-state index contributed by atoms with van der Waals surface area (Å²) in [5, 5.41) is 6.29. The molecule has 0 saturated heterocycles. The lowest BCUT2D eigenvalue weighted by Crippen LogP contribution is -2.30. The van der Waals surface area contributed by atoms with Gasteiger partial charge in [-0.1, -0.05) is 12.1 Å². The van der Waals surface area contributed by atoms with Gasteiger partial charge in [0.1, 0.15) is 0 Å². The second kappa shape index (κ2) is 3.16. The van der Waals surface area contributed by atoms with Gasteiger partial charge in [-0.15, -0.1) is 10.2 Å². The van der Waals surface area contributed by atoms with Gasteiger partial charge in [0.15, 0.2) is 0 Å². The van der Waals surface area contributed by atoms with Gasteiger partial charge in [0, 0.05) is 9.13 Å². The van der Waals surface area contributed by atoms with Crippen molar-refractivity contribution in [3.63, 3.8) is 0 Å². The summed E-state index contributed by atoms with van der Waals surface area (Å²) in [6.07, 6.45) is -4.44. The lowest BCUT2D eigenvalue weighted by Gasteiger charge is -2.15. The van der Waals surface area contributed by atoms with E-state index in [1.165, 1.54) is 12.1 Å². The van der Waals surface area contributed by atoms with Crippen LogP contribution in [-0.2, 0) is 5.66 Å². The van der Waals surface area contributed by atoms with Crippen LogP contribution in [0.15, 0.2) is 28.4 Å². The molecule has 2 nitrogen and oxygen atoms in total. The topological polar surface area (TPSA) is 24.7 Å². The van der Waals surface area contributed by atoms with Crippen molar-refractivity contribution in [2.45, 2.75) is 18.8 Å². The number of rotatable bonds is 1. The molecule has 1 heterocycles. The van der Waals surface area contributed by atoms with Gasteiger partial charge in [-0.05, 0) is 41.1 Å². The molecule has 0 aromatic heterocycles. The Bertz CT molecular complexity index is 433. The first-order valence-corrected chi connectivity index (χ1v) is 5.22. The van der Waals surface area contributed by atoms with Crippen LogP contribution < -0.4 is 0 Å². The molecule has 0 amide bonds. The first-order chi connectivity index (χ1) is 6.87. The molecule has 0 radical (unpaired) electrons. The van der Waals surface area contributed by atoms with Gasteiger partial charge in [0.05, 0.1) is 0 Å². The van der Waals surface area contributed by atoms with Gasteiger partial charge < -0.3 is 0 Å². The molecule has 0 bridgehead atoms. The van der Waals surface area contributed by atoms with Gasteiger partial charge in [0.2, 0.25) is 0 Å². The van der Waals surface area contributed by atoms with Crippen LogP contribution in [-0.4, -0.2) is 6.18 Å². The molecule has 6 heteroatoms. The maximum atomic E-state index is 12.6. The zero-order valence-corrected chi connectivity index (χ0v) is 9.80. The summed E-state index contributed by atoms with van der Waals surface area (Å²) in [5.41, 5.74) is -1.26. The quantitative estimate of drug-likeness (QED) is 0.702. The molecule has 15 heavy (non-hydrogen) atoms. The van der Waals surface area contributed by atoms with Crippen molar-refractivity contribution < 1.29 is 13.2 Å². The molecule has 1 aromatic carbocycles. The Morgan fingerprint density at radius 2 is 1.87 bits per heavy atom. The number of alkyl halides is 3. The third kappa shape index (κ3) is 1.64. The molecule has 0 spiro atoms. The molecule has 0 aliphatic carbocycles. The average molecular weight is 326 g/mol. The van der Waals surface area contributed by atoms with Crippen molar-refractivity contribution in [1.29, 1.82) is 0 Å². The van der Waals surface area contributed by atoms with Crippen molar-refractivity contribution in [3.8, 4) is 0 Å². The van der Waals surface area contributed by atoms with E-state index in [0.29, 0.717) is 0 Å². The molecule has 2 rings (SSSR count). The number of benzene rings is 1. The fraction of sp³-hybridized carbons (Fsp3) is 0.333. The Morgan fingerprint density at radius 3 is 2.27 bits per heavy atom. The van der Waals surface area contributed by atoms with E-state index in [9.17, 15) is 13.2 Å². The summed E-state index contributed by atoms with van der Waals surface area (Å²) >= 11 is 2.00. The highest BCUT2D eigenvalue weighted by atomic mass is 127. The molecule has 0 unspecified atom stereocenters. The van der Waals surface area contributed by atoms with Gasteiger partial charge in [-0.3, -0.25) is 0 Å². The second-order valence-electron chi connectivity index (χ2n) is 3.33. The molecule has 0 fully saturated rings. The van der Waals surface area contributed by atoms with E-state index in [-0.39, 0.29) is 5.56 Å². The van der Waals surface area contributed by atoms with Crippen LogP contribution in [0.3, 0.4) is 0 Å². The molecular weight excluding hydrogens is 320 g/mol. The molecule has 1 aliphatic rings. The zero-order chi connectivity index (χ0) is 11.3. The van der Waals surface area contributed by atoms with Crippen LogP contribution in [0.4, 0.5) is 13.2 Å². The third-order valence-corrected chi connectivity index (χ3v) is 3.43. The van der Waals surface area contributed by atoms with Crippen molar-refractivity contribution in [1.82, 2.24) is 0 Å². The first-order valence-electron chi connectivity index (χ1n) is 4.14. The van der Waals surface area contributed by atoms with Gasteiger partial charge >= 0.3 is 11.8 Å². The van der Waals surface area contributed by atoms with E-state index in [0.717, 1.165) is 9.13 Å². The lowest BCUT2D eigenvalue weighted by molar-refractivity contribution is -0.166. The maximum absolute atomic E-state index is 12.6. The Kier molecular flexibility index (Phi) is 2.29. The van der Waals surface area contributed by atoms with E-state index in [2.05, 4.69) is 10.2 Å². The summed E-state index contributed by atoms with van der Waals surface area (Å²) in [7, 11) is 0. The summed E-state index contributed by atoms with van der Waals surface area (Å²) in [6, 6.07) is 4.54. The Morgan fingerprint density at radius 1 is 1.27 bits per heavy atom. The smallest absolute Gasteiger partial charge is 0.166 e. The highest BCUT2D eigenvalue weighted by molar-refractivity contribution is 14.1. The van der Waals surface area contributed by atoms with E-state index in [1.54, 1.807) is 6.07 Å². The predicted octanol–water partition coefficient (Wildman–Crippen LogP) is 3.78. The number of hydrogen-bond donors (Lipinski definition) is 0. The second-order valence-corrected chi connectivity index (χ2v) is 4.50. The summed E-state index contributed by atoms with van der Waals surface area (Å²) in [4.78, 5) is 0. The Labute approximate surface area is 97.7 Å². The summed E-state index contributed by atoms with van der Waals surface area (Å²) < 4.78 is 38.7. The Balaban J connectivity index is 2.43. The Hall–Kier alpha value is -0.660. The largest absolute Gasteiger partial charge is 0.442 e. The molecular formula is C9H6F3IN2. The van der Waals surface area contributed by atoms with Gasteiger partial charge in [-0.25, -0.2) is 0 Å². The van der Waals surface area contributed by atoms with E-state index >= 15 is 0 Å². The van der Waals surface area contributed by atoms with Crippen molar-refractivity contribution in [2.24, 2.45) is 10.2 Å². The van der Waals surface area contributed by atoms with Crippen LogP contribution in [0, 0.1) is 10.5 Å². The van der Waals surface area contributed by atoms with E-state index in [1.807, 2.05) is 29.5 Å². The third-order valence-electron chi connectivity index (χ3n) is 2.27. The minimum absolute atomic E-state index is 0.0880. The number of hydrogen-bond acceptors (Lipinski definition) is 2. The van der Waals surface area contributed by atoms with Crippen LogP contribution >= 0.6 is 22.6 Å². The normalized spacial score (nSPS) is 17.9. The van der Waals surface area contributed by atoms with Gasteiger partial charge in [-0.2, -0.15) is 13.2 Å². The zero-order valence-electron chi connectivity index (χ0n) is 7.64. The maximum Gasteiger partial charge on any atom is 0.442 e. The summed E-state index contributed by atoms with van der Waals surface area (Å²) in [6.45, 7) is 1.84. The standard InChI is InChI=1S/C9H6F3IN2/c1-5-2-3-6(4-7(5)13)8(14-15-8)9(10,11)12/h2-4H,1H3. The number of halogens is 4.